The zero-order chi connectivity index (χ0) is 16.2. The summed E-state index contributed by atoms with van der Waals surface area (Å²) in [5.41, 5.74) is 1.06. The van der Waals surface area contributed by atoms with Crippen molar-refractivity contribution in [1.29, 1.82) is 0 Å². The number of nitrogens with one attached hydrogen (secondary N) is 1. The molecule has 0 radical (unpaired) electrons. The fraction of sp³-hybridized carbons (Fsp3) is 0.278. The number of ether oxygens (including phenoxy) is 1. The predicted octanol–water partition coefficient (Wildman–Crippen LogP) is 4.29. The van der Waals surface area contributed by atoms with Crippen LogP contribution in [0.2, 0.25) is 10.0 Å². The van der Waals surface area contributed by atoms with Gasteiger partial charge in [-0.3, -0.25) is 4.79 Å². The molecule has 23 heavy (non-hydrogen) atoms. The first-order chi connectivity index (χ1) is 11.1. The van der Waals surface area contributed by atoms with Gasteiger partial charge >= 0.3 is 0 Å². The van der Waals surface area contributed by atoms with Gasteiger partial charge in [-0.2, -0.15) is 0 Å². The normalized spacial score (nSPS) is 19.2. The molecular formula is C18H17Cl2NO2. The van der Waals surface area contributed by atoms with Crippen molar-refractivity contribution in [2.24, 2.45) is 5.92 Å². The van der Waals surface area contributed by atoms with Crippen LogP contribution in [0, 0.1) is 5.92 Å². The first-order valence-corrected chi connectivity index (χ1v) is 8.31. The Labute approximate surface area is 145 Å². The lowest BCUT2D eigenvalue weighted by Crippen LogP contribution is -2.29. The van der Waals surface area contributed by atoms with Crippen LogP contribution in [-0.4, -0.2) is 19.1 Å². The summed E-state index contributed by atoms with van der Waals surface area (Å²) in [4.78, 5) is 12.1. The SMILES string of the molecule is O=C(NCCOc1ccc(Cl)cc1)C1CC1c1ccccc1Cl. The highest BCUT2D eigenvalue weighted by Crippen LogP contribution is 2.49. The van der Waals surface area contributed by atoms with Gasteiger partial charge in [0.15, 0.2) is 0 Å². The molecule has 0 aromatic heterocycles. The van der Waals surface area contributed by atoms with E-state index in [0.717, 1.165) is 22.8 Å². The minimum atomic E-state index is 0.0189. The van der Waals surface area contributed by atoms with Crippen LogP contribution < -0.4 is 10.1 Å². The Hall–Kier alpha value is -1.71. The van der Waals surface area contributed by atoms with Crippen molar-refractivity contribution in [2.75, 3.05) is 13.2 Å². The van der Waals surface area contributed by atoms with E-state index in [1.165, 1.54) is 0 Å². The molecule has 1 amide bonds. The molecule has 5 heteroatoms. The molecular weight excluding hydrogens is 333 g/mol. The van der Waals surface area contributed by atoms with Crippen molar-refractivity contribution < 1.29 is 9.53 Å². The van der Waals surface area contributed by atoms with Crippen LogP contribution in [0.4, 0.5) is 0 Å². The predicted molar refractivity (Wildman–Crippen MR) is 92.3 cm³/mol. The molecule has 2 aromatic carbocycles. The Kier molecular flexibility index (Phi) is 5.09. The lowest BCUT2D eigenvalue weighted by molar-refractivity contribution is -0.122. The van der Waals surface area contributed by atoms with E-state index >= 15 is 0 Å². The largest absolute Gasteiger partial charge is 0.492 e. The number of hydrogen-bond donors (Lipinski definition) is 1. The molecule has 1 aliphatic carbocycles. The molecule has 1 aliphatic rings. The number of carbonyl (C=O) groups is 1. The summed E-state index contributed by atoms with van der Waals surface area (Å²) in [6, 6.07) is 14.9. The lowest BCUT2D eigenvalue weighted by Gasteiger charge is -2.08. The monoisotopic (exact) mass is 349 g/mol. The summed E-state index contributed by atoms with van der Waals surface area (Å²) in [6.45, 7) is 0.907. The van der Waals surface area contributed by atoms with Gasteiger partial charge in [-0.1, -0.05) is 41.4 Å². The number of halogens is 2. The summed E-state index contributed by atoms with van der Waals surface area (Å²) in [5.74, 6) is 1.06. The molecule has 120 valence electrons. The molecule has 1 saturated carbocycles. The second-order valence-electron chi connectivity index (χ2n) is 5.56. The molecule has 3 nitrogen and oxygen atoms in total. The van der Waals surface area contributed by atoms with Gasteiger partial charge in [-0.25, -0.2) is 0 Å². The van der Waals surface area contributed by atoms with Gasteiger partial charge in [0.2, 0.25) is 5.91 Å². The van der Waals surface area contributed by atoms with Gasteiger partial charge in [0.05, 0.1) is 6.54 Å². The van der Waals surface area contributed by atoms with Gasteiger partial charge in [-0.05, 0) is 48.2 Å². The molecule has 2 aromatic rings. The van der Waals surface area contributed by atoms with E-state index in [1.807, 2.05) is 24.3 Å². The third-order valence-corrected chi connectivity index (χ3v) is 4.51. The number of benzene rings is 2. The van der Waals surface area contributed by atoms with Gasteiger partial charge in [0.1, 0.15) is 12.4 Å². The van der Waals surface area contributed by atoms with E-state index in [1.54, 1.807) is 24.3 Å². The Morgan fingerprint density at radius 1 is 1.13 bits per heavy atom. The van der Waals surface area contributed by atoms with Gasteiger partial charge in [0.25, 0.3) is 0 Å². The third-order valence-electron chi connectivity index (χ3n) is 3.92. The number of hydrogen-bond acceptors (Lipinski definition) is 2. The summed E-state index contributed by atoms with van der Waals surface area (Å²) in [5, 5.41) is 4.32. The summed E-state index contributed by atoms with van der Waals surface area (Å²) < 4.78 is 5.55. The minimum absolute atomic E-state index is 0.0189. The molecule has 1 fully saturated rings. The zero-order valence-electron chi connectivity index (χ0n) is 12.5. The Balaban J connectivity index is 1.41. The third kappa shape index (κ3) is 4.18. The Bertz CT molecular complexity index is 688. The molecule has 0 spiro atoms. The molecule has 0 aliphatic heterocycles. The highest BCUT2D eigenvalue weighted by atomic mass is 35.5. The van der Waals surface area contributed by atoms with Crippen molar-refractivity contribution in [3.05, 3.63) is 64.1 Å². The number of amides is 1. The van der Waals surface area contributed by atoms with E-state index in [4.69, 9.17) is 27.9 Å². The first-order valence-electron chi connectivity index (χ1n) is 7.55. The summed E-state index contributed by atoms with van der Waals surface area (Å²) >= 11 is 12.0. The topological polar surface area (TPSA) is 38.3 Å². The average Bonchev–Trinajstić information content (AvgIpc) is 3.34. The van der Waals surface area contributed by atoms with Crippen molar-refractivity contribution in [1.82, 2.24) is 5.32 Å². The average molecular weight is 350 g/mol. The van der Waals surface area contributed by atoms with Gasteiger partial charge < -0.3 is 10.1 Å². The second-order valence-corrected chi connectivity index (χ2v) is 6.41. The lowest BCUT2D eigenvalue weighted by atomic mass is 10.1. The van der Waals surface area contributed by atoms with Crippen LogP contribution in [0.5, 0.6) is 5.75 Å². The van der Waals surface area contributed by atoms with E-state index in [9.17, 15) is 4.79 Å². The molecule has 0 bridgehead atoms. The molecule has 2 unspecified atom stereocenters. The van der Waals surface area contributed by atoms with Crippen molar-refractivity contribution in [2.45, 2.75) is 12.3 Å². The van der Waals surface area contributed by atoms with Crippen LogP contribution in [0.3, 0.4) is 0 Å². The fourth-order valence-electron chi connectivity index (χ4n) is 2.61. The summed E-state index contributed by atoms with van der Waals surface area (Å²) in [7, 11) is 0. The quantitative estimate of drug-likeness (QED) is 0.790. The summed E-state index contributed by atoms with van der Waals surface area (Å²) in [6.07, 6.45) is 0.855. The maximum atomic E-state index is 12.1. The molecule has 0 saturated heterocycles. The number of carbonyl (C=O) groups excluding carboxylic acids is 1. The van der Waals surface area contributed by atoms with E-state index in [-0.39, 0.29) is 17.7 Å². The Morgan fingerprint density at radius 2 is 1.87 bits per heavy atom. The van der Waals surface area contributed by atoms with Crippen LogP contribution in [0.25, 0.3) is 0 Å². The highest BCUT2D eigenvalue weighted by molar-refractivity contribution is 6.31. The minimum Gasteiger partial charge on any atom is -0.492 e. The number of rotatable bonds is 6. The van der Waals surface area contributed by atoms with Gasteiger partial charge in [0, 0.05) is 16.0 Å². The standard InChI is InChI=1S/C18H17Cl2NO2/c19-12-5-7-13(8-6-12)23-10-9-21-18(22)16-11-15(16)14-3-1-2-4-17(14)20/h1-8,15-16H,9-11H2,(H,21,22). The van der Waals surface area contributed by atoms with Crippen LogP contribution >= 0.6 is 23.2 Å². The molecule has 3 rings (SSSR count). The fourth-order valence-corrected chi connectivity index (χ4v) is 3.01. The van der Waals surface area contributed by atoms with E-state index in [0.29, 0.717) is 18.2 Å². The van der Waals surface area contributed by atoms with E-state index in [2.05, 4.69) is 5.32 Å². The van der Waals surface area contributed by atoms with E-state index < -0.39 is 0 Å². The van der Waals surface area contributed by atoms with Crippen LogP contribution in [-0.2, 0) is 4.79 Å². The van der Waals surface area contributed by atoms with Crippen LogP contribution in [0.15, 0.2) is 48.5 Å². The molecule has 1 N–H and O–H groups in total. The van der Waals surface area contributed by atoms with Crippen molar-refractivity contribution in [3.8, 4) is 5.75 Å². The maximum absolute atomic E-state index is 12.1. The smallest absolute Gasteiger partial charge is 0.223 e. The first kappa shape index (κ1) is 16.2. The van der Waals surface area contributed by atoms with Gasteiger partial charge in [-0.15, -0.1) is 0 Å². The molecule has 2 atom stereocenters. The van der Waals surface area contributed by atoms with Crippen molar-refractivity contribution in [3.63, 3.8) is 0 Å². The highest BCUT2D eigenvalue weighted by Gasteiger charge is 2.44. The zero-order valence-corrected chi connectivity index (χ0v) is 14.0. The molecule has 0 heterocycles. The second kappa shape index (κ2) is 7.24. The maximum Gasteiger partial charge on any atom is 0.223 e. The van der Waals surface area contributed by atoms with Crippen molar-refractivity contribution >= 4 is 29.1 Å². The Morgan fingerprint density at radius 3 is 2.61 bits per heavy atom. The van der Waals surface area contributed by atoms with Crippen LogP contribution in [0.1, 0.15) is 17.9 Å².